The van der Waals surface area contributed by atoms with E-state index in [4.69, 9.17) is 0 Å². The average molecular weight is 360 g/mol. The molecule has 0 aliphatic rings. The predicted molar refractivity (Wildman–Crippen MR) is 101 cm³/mol. The fourth-order valence-corrected chi connectivity index (χ4v) is 2.37. The van der Waals surface area contributed by atoms with Crippen LogP contribution in [0, 0.1) is 41.1 Å². The summed E-state index contributed by atoms with van der Waals surface area (Å²) in [5, 5.41) is 0. The molecule has 3 rings (SSSR count). The Morgan fingerprint density at radius 3 is 1.52 bits per heavy atom. The Balaban J connectivity index is 1.85. The molecule has 27 heavy (non-hydrogen) atoms. The number of halogens is 3. The van der Waals surface area contributed by atoms with Gasteiger partial charge >= 0.3 is 0 Å². The van der Waals surface area contributed by atoms with Crippen molar-refractivity contribution in [3.8, 4) is 23.7 Å². The number of aryl methyl sites for hydroxylation is 1. The lowest BCUT2D eigenvalue weighted by molar-refractivity contribution is 0.594. The summed E-state index contributed by atoms with van der Waals surface area (Å²) in [7, 11) is 0. The van der Waals surface area contributed by atoms with Crippen LogP contribution in [-0.4, -0.2) is 0 Å². The summed E-state index contributed by atoms with van der Waals surface area (Å²) in [4.78, 5) is 0. The molecule has 0 aliphatic heterocycles. The molecule has 0 aromatic heterocycles. The number of rotatable bonds is 1. The summed E-state index contributed by atoms with van der Waals surface area (Å²) in [6, 6.07) is 15.1. The molecule has 3 aromatic carbocycles. The lowest BCUT2D eigenvalue weighted by atomic mass is 10.1. The van der Waals surface area contributed by atoms with Crippen molar-refractivity contribution in [3.05, 3.63) is 106 Å². The first-order chi connectivity index (χ1) is 13.0. The zero-order valence-electron chi connectivity index (χ0n) is 14.6. The van der Waals surface area contributed by atoms with Crippen molar-refractivity contribution in [2.45, 2.75) is 13.3 Å². The van der Waals surface area contributed by atoms with Gasteiger partial charge in [0.25, 0.3) is 0 Å². The first kappa shape index (κ1) is 18.4. The number of benzene rings is 3. The Morgan fingerprint density at radius 2 is 1.07 bits per heavy atom. The summed E-state index contributed by atoms with van der Waals surface area (Å²) in [6.45, 7) is 2.05. The molecule has 0 heterocycles. The molecule has 3 heteroatoms. The minimum Gasteiger partial charge on any atom is -0.207 e. The molecule has 0 atom stereocenters. The highest BCUT2D eigenvalue weighted by Crippen LogP contribution is 2.14. The molecule has 0 spiro atoms. The SMILES string of the molecule is CCc1ccc(C#Cc2cc(F)c(C#Cc3ccc(F)cc3)cc2F)cc1. The van der Waals surface area contributed by atoms with Gasteiger partial charge in [0.1, 0.15) is 17.5 Å². The third-order valence-electron chi connectivity index (χ3n) is 3.95. The maximum Gasteiger partial charge on any atom is 0.140 e. The largest absolute Gasteiger partial charge is 0.207 e. The molecule has 0 unspecified atom stereocenters. The lowest BCUT2D eigenvalue weighted by Crippen LogP contribution is -1.92. The monoisotopic (exact) mass is 360 g/mol. The van der Waals surface area contributed by atoms with Gasteiger partial charge < -0.3 is 0 Å². The highest BCUT2D eigenvalue weighted by atomic mass is 19.1. The zero-order valence-corrected chi connectivity index (χ0v) is 14.6. The van der Waals surface area contributed by atoms with Crippen LogP contribution >= 0.6 is 0 Å². The van der Waals surface area contributed by atoms with E-state index in [0.717, 1.165) is 24.1 Å². The van der Waals surface area contributed by atoms with Gasteiger partial charge in [0.2, 0.25) is 0 Å². The lowest BCUT2D eigenvalue weighted by Gasteiger charge is -1.99. The first-order valence-electron chi connectivity index (χ1n) is 8.43. The van der Waals surface area contributed by atoms with Gasteiger partial charge in [0.05, 0.1) is 11.1 Å². The van der Waals surface area contributed by atoms with Gasteiger partial charge in [-0.05, 0) is 60.5 Å². The van der Waals surface area contributed by atoms with E-state index in [2.05, 4.69) is 30.6 Å². The summed E-state index contributed by atoms with van der Waals surface area (Å²) < 4.78 is 41.3. The van der Waals surface area contributed by atoms with Crippen molar-refractivity contribution >= 4 is 0 Å². The van der Waals surface area contributed by atoms with Crippen LogP contribution in [-0.2, 0) is 6.42 Å². The van der Waals surface area contributed by atoms with Crippen LogP contribution in [0.5, 0.6) is 0 Å². The maximum absolute atomic E-state index is 14.2. The summed E-state index contributed by atoms with van der Waals surface area (Å²) in [5.74, 6) is 9.07. The van der Waals surface area contributed by atoms with Crippen LogP contribution in [0.15, 0.2) is 60.7 Å². The van der Waals surface area contributed by atoms with Crippen molar-refractivity contribution in [3.63, 3.8) is 0 Å². The Hall–Kier alpha value is -3.43. The number of hydrogen-bond acceptors (Lipinski definition) is 0. The van der Waals surface area contributed by atoms with Gasteiger partial charge in [0.15, 0.2) is 0 Å². The zero-order chi connectivity index (χ0) is 19.2. The molecule has 0 radical (unpaired) electrons. The highest BCUT2D eigenvalue weighted by molar-refractivity contribution is 5.49. The minimum absolute atomic E-state index is 0.0283. The molecule has 0 fully saturated rings. The standard InChI is InChI=1S/C24H15F3/c1-2-17-3-5-18(6-4-17)7-11-20-15-24(27)21(16-23(20)26)12-8-19-9-13-22(25)14-10-19/h3-6,9-10,13-16H,2H2,1H3. The van der Waals surface area contributed by atoms with E-state index in [9.17, 15) is 13.2 Å². The molecule has 132 valence electrons. The van der Waals surface area contributed by atoms with Crippen molar-refractivity contribution in [1.29, 1.82) is 0 Å². The van der Waals surface area contributed by atoms with Gasteiger partial charge in [-0.25, -0.2) is 13.2 Å². The van der Waals surface area contributed by atoms with Gasteiger partial charge in [-0.1, -0.05) is 42.7 Å². The van der Waals surface area contributed by atoms with Crippen molar-refractivity contribution in [2.24, 2.45) is 0 Å². The molecule has 0 aliphatic carbocycles. The molecular weight excluding hydrogens is 345 g/mol. The Kier molecular flexibility index (Phi) is 5.64. The second-order valence-corrected chi connectivity index (χ2v) is 5.87. The van der Waals surface area contributed by atoms with Gasteiger partial charge in [0, 0.05) is 11.1 Å². The molecule has 0 saturated carbocycles. The Morgan fingerprint density at radius 1 is 0.630 bits per heavy atom. The van der Waals surface area contributed by atoms with E-state index in [1.165, 1.54) is 29.8 Å². The van der Waals surface area contributed by atoms with Crippen molar-refractivity contribution in [2.75, 3.05) is 0 Å². The topological polar surface area (TPSA) is 0 Å². The van der Waals surface area contributed by atoms with E-state index in [0.29, 0.717) is 5.56 Å². The second-order valence-electron chi connectivity index (χ2n) is 5.87. The molecule has 0 saturated heterocycles. The van der Waals surface area contributed by atoms with Crippen LogP contribution < -0.4 is 0 Å². The third-order valence-corrected chi connectivity index (χ3v) is 3.95. The quantitative estimate of drug-likeness (QED) is 0.505. The van der Waals surface area contributed by atoms with Crippen LogP contribution in [0.3, 0.4) is 0 Å². The van der Waals surface area contributed by atoms with E-state index in [1.54, 1.807) is 0 Å². The van der Waals surface area contributed by atoms with Crippen LogP contribution in [0.4, 0.5) is 13.2 Å². The Bertz CT molecular complexity index is 1070. The fourth-order valence-electron chi connectivity index (χ4n) is 2.37. The van der Waals surface area contributed by atoms with E-state index in [-0.39, 0.29) is 16.9 Å². The third kappa shape index (κ3) is 4.81. The van der Waals surface area contributed by atoms with Crippen molar-refractivity contribution < 1.29 is 13.2 Å². The maximum atomic E-state index is 14.2. The molecule has 0 bridgehead atoms. The minimum atomic E-state index is -0.656. The van der Waals surface area contributed by atoms with Gasteiger partial charge in [-0.15, -0.1) is 0 Å². The first-order valence-corrected chi connectivity index (χ1v) is 8.43. The highest BCUT2D eigenvalue weighted by Gasteiger charge is 2.07. The Labute approximate surface area is 156 Å². The summed E-state index contributed by atoms with van der Waals surface area (Å²) in [5.41, 5.74) is 2.32. The normalized spacial score (nSPS) is 9.78. The van der Waals surface area contributed by atoms with E-state index < -0.39 is 11.6 Å². The van der Waals surface area contributed by atoms with Crippen LogP contribution in [0.2, 0.25) is 0 Å². The van der Waals surface area contributed by atoms with E-state index in [1.807, 2.05) is 24.3 Å². The molecule has 0 nitrogen and oxygen atoms in total. The van der Waals surface area contributed by atoms with Crippen molar-refractivity contribution in [1.82, 2.24) is 0 Å². The average Bonchev–Trinajstić information content (AvgIpc) is 2.69. The molecule has 3 aromatic rings. The van der Waals surface area contributed by atoms with Crippen LogP contribution in [0.25, 0.3) is 0 Å². The predicted octanol–water partition coefficient (Wildman–Crippen LogP) is 5.47. The molecule has 0 N–H and O–H groups in total. The molecular formula is C24H15F3. The van der Waals surface area contributed by atoms with Crippen LogP contribution in [0.1, 0.15) is 34.7 Å². The summed E-state index contributed by atoms with van der Waals surface area (Å²) >= 11 is 0. The van der Waals surface area contributed by atoms with Gasteiger partial charge in [-0.3, -0.25) is 0 Å². The smallest absolute Gasteiger partial charge is 0.140 e. The van der Waals surface area contributed by atoms with Gasteiger partial charge in [-0.2, -0.15) is 0 Å². The van der Waals surface area contributed by atoms with E-state index >= 15 is 0 Å². The summed E-state index contributed by atoms with van der Waals surface area (Å²) in [6.07, 6.45) is 0.925. The second kappa shape index (κ2) is 8.30. The number of hydrogen-bond donors (Lipinski definition) is 0. The fraction of sp³-hybridized carbons (Fsp3) is 0.0833. The molecule has 0 amide bonds.